The van der Waals surface area contributed by atoms with Gasteiger partial charge in [0.05, 0.1) is 12.7 Å². The predicted octanol–water partition coefficient (Wildman–Crippen LogP) is 8.01. The van der Waals surface area contributed by atoms with E-state index in [0.717, 1.165) is 37.3 Å². The quantitative estimate of drug-likeness (QED) is 0.273. The first-order valence-electron chi connectivity index (χ1n) is 16.8. The Kier molecular flexibility index (Phi) is 7.33. The summed E-state index contributed by atoms with van der Waals surface area (Å²) in [5.41, 5.74) is 10.9. The number of fused-ring (bicyclic) bond motifs is 7. The normalized spacial score (nSPS) is 42.8. The molecule has 0 heterocycles. The molecule has 0 bridgehead atoms. The van der Waals surface area contributed by atoms with E-state index in [0.29, 0.717) is 33.3 Å². The number of methoxy groups -OCH3 is 1. The third-order valence-corrected chi connectivity index (χ3v) is 14.4. The van der Waals surface area contributed by atoms with Crippen LogP contribution in [-0.4, -0.2) is 31.7 Å². The van der Waals surface area contributed by atoms with Crippen LogP contribution in [-0.2, 0) is 4.74 Å². The molecular weight excluding hydrogens is 504 g/mol. The Morgan fingerprint density at radius 2 is 1.66 bits per heavy atom. The topological polar surface area (TPSA) is 64.3 Å². The Labute approximate surface area is 249 Å². The van der Waals surface area contributed by atoms with Crippen molar-refractivity contribution in [3.8, 4) is 0 Å². The van der Waals surface area contributed by atoms with Crippen molar-refractivity contribution in [1.82, 2.24) is 5.32 Å². The largest absolute Gasteiger partial charge is 0.465 e. The van der Waals surface area contributed by atoms with Crippen molar-refractivity contribution in [1.29, 1.82) is 0 Å². The van der Waals surface area contributed by atoms with Gasteiger partial charge in [-0.2, -0.15) is 0 Å². The number of hydrogen-bond donors (Lipinski definition) is 2. The van der Waals surface area contributed by atoms with Crippen LogP contribution in [0.15, 0.2) is 30.3 Å². The highest BCUT2D eigenvalue weighted by molar-refractivity contribution is 5.89. The molecule has 0 spiro atoms. The van der Waals surface area contributed by atoms with E-state index < -0.39 is 0 Å². The Bertz CT molecular complexity index is 1190. The van der Waals surface area contributed by atoms with Crippen LogP contribution in [0.25, 0.3) is 5.57 Å². The van der Waals surface area contributed by atoms with E-state index in [9.17, 15) is 4.79 Å². The lowest BCUT2D eigenvalue weighted by atomic mass is 9.33. The average molecular weight is 561 g/mol. The van der Waals surface area contributed by atoms with Crippen molar-refractivity contribution in [2.24, 2.45) is 51.1 Å². The number of ether oxygens (including phenoxy) is 1. The van der Waals surface area contributed by atoms with Crippen LogP contribution in [0.2, 0.25) is 0 Å². The summed E-state index contributed by atoms with van der Waals surface area (Å²) < 4.78 is 4.94. The molecule has 226 valence electrons. The lowest BCUT2D eigenvalue weighted by Gasteiger charge is -2.72. The van der Waals surface area contributed by atoms with Gasteiger partial charge in [0.25, 0.3) is 0 Å². The lowest BCUT2D eigenvalue weighted by Crippen LogP contribution is -2.67. The zero-order chi connectivity index (χ0) is 29.3. The summed E-state index contributed by atoms with van der Waals surface area (Å²) in [5.74, 6) is 2.86. The third-order valence-electron chi connectivity index (χ3n) is 14.4. The molecule has 4 fully saturated rings. The number of allylic oxidation sites excluding steroid dienone is 2. The molecule has 7 unspecified atom stereocenters. The van der Waals surface area contributed by atoms with E-state index in [1.807, 2.05) is 12.1 Å². The van der Waals surface area contributed by atoms with Gasteiger partial charge >= 0.3 is 5.97 Å². The fourth-order valence-corrected chi connectivity index (χ4v) is 12.3. The SMILES string of the molecule is COC(=O)c1ccc(C2=CCC3(C)C(CCC4(C)C3CCC3C5CCCC5(NCCCN)CC[C@]34C)C2(C)C)cc1. The summed E-state index contributed by atoms with van der Waals surface area (Å²) in [5, 5.41) is 4.12. The summed E-state index contributed by atoms with van der Waals surface area (Å²) in [7, 11) is 1.45. The second-order valence-electron chi connectivity index (χ2n) is 16.0. The van der Waals surface area contributed by atoms with E-state index in [-0.39, 0.29) is 11.4 Å². The number of nitrogens with one attached hydrogen (secondary N) is 1. The van der Waals surface area contributed by atoms with Crippen molar-refractivity contribution in [3.63, 3.8) is 0 Å². The van der Waals surface area contributed by atoms with E-state index in [1.165, 1.54) is 82.5 Å². The van der Waals surface area contributed by atoms with Gasteiger partial charge in [0.2, 0.25) is 0 Å². The molecule has 0 saturated heterocycles. The minimum Gasteiger partial charge on any atom is -0.465 e. The molecule has 4 nitrogen and oxygen atoms in total. The van der Waals surface area contributed by atoms with Crippen LogP contribution >= 0.6 is 0 Å². The van der Waals surface area contributed by atoms with Crippen LogP contribution in [0, 0.1) is 45.3 Å². The van der Waals surface area contributed by atoms with E-state index in [4.69, 9.17) is 10.5 Å². The summed E-state index contributed by atoms with van der Waals surface area (Å²) in [6, 6.07) is 8.14. The summed E-state index contributed by atoms with van der Waals surface area (Å²) in [4.78, 5) is 12.0. The van der Waals surface area contributed by atoms with Gasteiger partial charge < -0.3 is 15.8 Å². The smallest absolute Gasteiger partial charge is 0.337 e. The van der Waals surface area contributed by atoms with Crippen LogP contribution in [0.4, 0.5) is 0 Å². The molecule has 5 aliphatic rings. The Balaban J connectivity index is 1.29. The number of rotatable bonds is 6. The number of esters is 1. The number of carbonyl (C=O) groups is 1. The van der Waals surface area contributed by atoms with Crippen LogP contribution in [0.1, 0.15) is 121 Å². The predicted molar refractivity (Wildman–Crippen MR) is 168 cm³/mol. The fraction of sp³-hybridized carbons (Fsp3) is 0.757. The van der Waals surface area contributed by atoms with Crippen LogP contribution in [0.5, 0.6) is 0 Å². The minimum absolute atomic E-state index is 0.0962. The first-order chi connectivity index (χ1) is 19.5. The molecule has 5 aliphatic carbocycles. The van der Waals surface area contributed by atoms with Crippen molar-refractivity contribution in [3.05, 3.63) is 41.5 Å². The maximum Gasteiger partial charge on any atom is 0.337 e. The van der Waals surface area contributed by atoms with Gasteiger partial charge in [-0.25, -0.2) is 4.79 Å². The second kappa shape index (κ2) is 10.2. The van der Waals surface area contributed by atoms with Crippen LogP contribution < -0.4 is 11.1 Å². The van der Waals surface area contributed by atoms with Gasteiger partial charge in [-0.05, 0) is 146 Å². The molecule has 0 amide bonds. The highest BCUT2D eigenvalue weighted by Gasteiger charge is 2.69. The zero-order valence-electron chi connectivity index (χ0n) is 26.8. The number of hydrogen-bond acceptors (Lipinski definition) is 4. The summed E-state index contributed by atoms with van der Waals surface area (Å²) in [6.45, 7) is 15.1. The first kappa shape index (κ1) is 29.4. The maximum absolute atomic E-state index is 12.0. The highest BCUT2D eigenvalue weighted by atomic mass is 16.5. The van der Waals surface area contributed by atoms with Gasteiger partial charge in [-0.3, -0.25) is 0 Å². The summed E-state index contributed by atoms with van der Waals surface area (Å²) >= 11 is 0. The van der Waals surface area contributed by atoms with E-state index in [2.05, 4.69) is 58.1 Å². The standard InChI is InChI=1S/C37H56N2O2/c1-33(2)27(25-10-12-26(13-11-25)32(40)41-6)16-19-34(3)30(33)17-20-36(5)31(34)15-14-28-29-9-7-18-37(29,39-24-8-23-38)22-21-35(28,36)4/h10-13,16,28-31,39H,7-9,14-15,17-24,38H2,1-6H3/t28?,29?,30?,31?,34?,35-,36?,37?/m1/s1. The van der Waals surface area contributed by atoms with Crippen molar-refractivity contribution in [2.75, 3.05) is 20.2 Å². The molecule has 4 saturated carbocycles. The molecule has 8 atom stereocenters. The first-order valence-corrected chi connectivity index (χ1v) is 16.8. The van der Waals surface area contributed by atoms with Crippen molar-refractivity contribution >= 4 is 11.5 Å². The highest BCUT2D eigenvalue weighted by Crippen LogP contribution is 2.76. The Morgan fingerprint density at radius 1 is 0.902 bits per heavy atom. The molecule has 0 aliphatic heterocycles. The number of nitrogens with two attached hydrogens (primary N) is 1. The van der Waals surface area contributed by atoms with Gasteiger partial charge in [-0.15, -0.1) is 0 Å². The monoisotopic (exact) mass is 560 g/mol. The molecule has 41 heavy (non-hydrogen) atoms. The van der Waals surface area contributed by atoms with Crippen molar-refractivity contribution < 1.29 is 9.53 Å². The van der Waals surface area contributed by atoms with Crippen LogP contribution in [0.3, 0.4) is 0 Å². The third kappa shape index (κ3) is 4.16. The summed E-state index contributed by atoms with van der Waals surface area (Å²) in [6.07, 6.45) is 17.3. The molecule has 4 heteroatoms. The number of benzene rings is 1. The zero-order valence-corrected chi connectivity index (χ0v) is 26.8. The van der Waals surface area contributed by atoms with Gasteiger partial charge in [-0.1, -0.05) is 59.2 Å². The second-order valence-corrected chi connectivity index (χ2v) is 16.0. The van der Waals surface area contributed by atoms with E-state index >= 15 is 0 Å². The maximum atomic E-state index is 12.0. The lowest BCUT2D eigenvalue weighted by molar-refractivity contribution is -0.216. The molecule has 0 radical (unpaired) electrons. The van der Waals surface area contributed by atoms with Gasteiger partial charge in [0.15, 0.2) is 0 Å². The minimum atomic E-state index is -0.263. The van der Waals surface area contributed by atoms with Crippen molar-refractivity contribution in [2.45, 2.75) is 111 Å². The van der Waals surface area contributed by atoms with Gasteiger partial charge in [0, 0.05) is 5.54 Å². The molecule has 1 aromatic carbocycles. The molecule has 3 N–H and O–H groups in total. The molecule has 1 aromatic rings. The molecule has 0 aromatic heterocycles. The van der Waals surface area contributed by atoms with E-state index in [1.54, 1.807) is 0 Å². The average Bonchev–Trinajstić information content (AvgIpc) is 3.37. The number of carbonyl (C=O) groups excluding carboxylic acids is 1. The van der Waals surface area contributed by atoms with Gasteiger partial charge in [0.1, 0.15) is 0 Å². The molecular formula is C37H56N2O2. The molecule has 6 rings (SSSR count). The fourth-order valence-electron chi connectivity index (χ4n) is 12.3. The Morgan fingerprint density at radius 3 is 2.37 bits per heavy atom. The Hall–Kier alpha value is -1.65.